The van der Waals surface area contributed by atoms with Crippen LogP contribution in [0.4, 0.5) is 0 Å². The lowest BCUT2D eigenvalue weighted by Gasteiger charge is -2.32. The zero-order valence-electron chi connectivity index (χ0n) is 12.2. The fourth-order valence-corrected chi connectivity index (χ4v) is 6.29. The summed E-state index contributed by atoms with van der Waals surface area (Å²) < 4.78 is 50.1. The molecular formula is C11H20N4O4S2. The topological polar surface area (TPSA) is 112 Å². The van der Waals surface area contributed by atoms with Crippen LogP contribution in [0.5, 0.6) is 0 Å². The van der Waals surface area contributed by atoms with Crippen molar-refractivity contribution in [3.8, 4) is 0 Å². The lowest BCUT2D eigenvalue weighted by molar-refractivity contribution is 0.356. The van der Waals surface area contributed by atoms with Crippen molar-refractivity contribution in [1.29, 1.82) is 0 Å². The third-order valence-corrected chi connectivity index (χ3v) is 7.49. The van der Waals surface area contributed by atoms with Crippen molar-refractivity contribution in [2.75, 3.05) is 25.1 Å². The number of sulfone groups is 1. The van der Waals surface area contributed by atoms with Crippen molar-refractivity contribution in [3.05, 3.63) is 11.4 Å². The first kappa shape index (κ1) is 16.4. The molecule has 21 heavy (non-hydrogen) atoms. The van der Waals surface area contributed by atoms with Crippen LogP contribution < -0.4 is 5.32 Å². The molecule has 0 aliphatic carbocycles. The van der Waals surface area contributed by atoms with E-state index in [1.807, 2.05) is 0 Å². The third-order valence-electron chi connectivity index (χ3n) is 3.48. The summed E-state index contributed by atoms with van der Waals surface area (Å²) in [6, 6.07) is -0.578. The average molecular weight is 336 g/mol. The zero-order valence-corrected chi connectivity index (χ0v) is 13.9. The fraction of sp³-hybridized carbons (Fsp3) is 0.727. The Labute approximate surface area is 124 Å². The van der Waals surface area contributed by atoms with Crippen LogP contribution in [0.1, 0.15) is 18.3 Å². The van der Waals surface area contributed by atoms with Crippen LogP contribution in [0.25, 0.3) is 0 Å². The second kappa shape index (κ2) is 5.67. The Morgan fingerprint density at radius 3 is 2.71 bits per heavy atom. The highest BCUT2D eigenvalue weighted by Crippen LogP contribution is 2.26. The maximum absolute atomic E-state index is 12.8. The molecule has 0 radical (unpaired) electrons. The van der Waals surface area contributed by atoms with Crippen LogP contribution in [-0.2, 0) is 26.4 Å². The average Bonchev–Trinajstić information content (AvgIpc) is 2.69. The van der Waals surface area contributed by atoms with Crippen molar-refractivity contribution in [1.82, 2.24) is 19.8 Å². The van der Waals surface area contributed by atoms with Crippen LogP contribution >= 0.6 is 0 Å². The molecule has 0 aromatic carbocycles. The summed E-state index contributed by atoms with van der Waals surface area (Å²) >= 11 is 0. The highest BCUT2D eigenvalue weighted by atomic mass is 32.2. The van der Waals surface area contributed by atoms with Crippen LogP contribution in [0, 0.1) is 6.92 Å². The minimum absolute atomic E-state index is 0.0184. The van der Waals surface area contributed by atoms with Crippen LogP contribution in [0.2, 0.25) is 0 Å². The van der Waals surface area contributed by atoms with Crippen molar-refractivity contribution in [2.45, 2.75) is 31.3 Å². The molecule has 0 bridgehead atoms. The highest BCUT2D eigenvalue weighted by molar-refractivity contribution is 7.92. The number of nitrogens with one attached hydrogen (secondary N) is 2. The van der Waals surface area contributed by atoms with E-state index in [2.05, 4.69) is 15.5 Å². The second-order valence-electron chi connectivity index (χ2n) is 5.23. The molecule has 1 aromatic heterocycles. The number of nitrogens with zero attached hydrogens (tertiary/aromatic N) is 2. The number of aromatic amines is 1. The number of H-pyrrole nitrogens is 1. The van der Waals surface area contributed by atoms with Gasteiger partial charge in [-0.1, -0.05) is 0 Å². The minimum atomic E-state index is -3.77. The molecule has 1 saturated heterocycles. The maximum atomic E-state index is 12.8. The Morgan fingerprint density at radius 1 is 1.48 bits per heavy atom. The number of sulfonamides is 1. The predicted molar refractivity (Wildman–Crippen MR) is 78.1 cm³/mol. The maximum Gasteiger partial charge on any atom is 0.247 e. The van der Waals surface area contributed by atoms with Gasteiger partial charge in [-0.25, -0.2) is 16.8 Å². The first-order valence-electron chi connectivity index (χ1n) is 6.60. The van der Waals surface area contributed by atoms with E-state index < -0.39 is 25.9 Å². The molecule has 2 heterocycles. The number of rotatable bonds is 4. The van der Waals surface area contributed by atoms with Gasteiger partial charge in [-0.05, 0) is 20.9 Å². The van der Waals surface area contributed by atoms with E-state index in [9.17, 15) is 16.8 Å². The number of aryl methyl sites for hydroxylation is 1. The summed E-state index contributed by atoms with van der Waals surface area (Å²) in [5.74, 6) is -0.292. The van der Waals surface area contributed by atoms with E-state index in [4.69, 9.17) is 0 Å². The molecular weight excluding hydrogens is 316 g/mol. The lowest BCUT2D eigenvalue weighted by atomic mass is 10.4. The fourth-order valence-electron chi connectivity index (χ4n) is 2.56. The number of hydrogen-bond donors (Lipinski definition) is 2. The summed E-state index contributed by atoms with van der Waals surface area (Å²) in [7, 11) is -5.23. The van der Waals surface area contributed by atoms with E-state index in [1.54, 1.807) is 20.9 Å². The Bertz CT molecular complexity index is 723. The zero-order chi connectivity index (χ0) is 15.8. The van der Waals surface area contributed by atoms with Gasteiger partial charge in [-0.15, -0.1) is 0 Å². The molecule has 1 atom stereocenters. The van der Waals surface area contributed by atoms with Crippen molar-refractivity contribution in [2.24, 2.45) is 0 Å². The Morgan fingerprint density at radius 2 is 2.14 bits per heavy atom. The highest BCUT2D eigenvalue weighted by Gasteiger charge is 2.38. The van der Waals surface area contributed by atoms with E-state index in [-0.39, 0.29) is 22.9 Å². The third kappa shape index (κ3) is 3.12. The van der Waals surface area contributed by atoms with Crippen LogP contribution in [0.15, 0.2) is 4.90 Å². The molecule has 0 saturated carbocycles. The molecule has 2 rings (SSSR count). The molecule has 0 amide bonds. The molecule has 1 unspecified atom stereocenters. The van der Waals surface area contributed by atoms with Gasteiger partial charge in [0, 0.05) is 19.1 Å². The van der Waals surface area contributed by atoms with E-state index in [0.717, 1.165) is 0 Å². The monoisotopic (exact) mass is 336 g/mol. The van der Waals surface area contributed by atoms with Gasteiger partial charge >= 0.3 is 0 Å². The first-order valence-corrected chi connectivity index (χ1v) is 9.86. The number of hydrogen-bond acceptors (Lipinski definition) is 6. The standard InChI is InChI=1S/C11H20N4O4S2/c1-8-7-20(16,17)5-4-15(8)21(18,19)11-9(2)13-14-10(11)6-12-3/h8,12H,4-7H2,1-3H3,(H,13,14). The van der Waals surface area contributed by atoms with Crippen molar-refractivity contribution < 1.29 is 16.8 Å². The molecule has 1 aromatic rings. The van der Waals surface area contributed by atoms with Gasteiger partial charge < -0.3 is 5.32 Å². The summed E-state index contributed by atoms with van der Waals surface area (Å²) in [4.78, 5) is 0.142. The lowest BCUT2D eigenvalue weighted by Crippen LogP contribution is -2.49. The summed E-state index contributed by atoms with van der Waals surface area (Å²) in [6.07, 6.45) is 0. The molecule has 1 fully saturated rings. The van der Waals surface area contributed by atoms with E-state index in [1.165, 1.54) is 4.31 Å². The molecule has 1 aliphatic rings. The van der Waals surface area contributed by atoms with Gasteiger partial charge in [0.15, 0.2) is 9.84 Å². The smallest absolute Gasteiger partial charge is 0.247 e. The summed E-state index contributed by atoms with van der Waals surface area (Å²) in [5.41, 5.74) is 0.872. The first-order chi connectivity index (χ1) is 9.69. The largest absolute Gasteiger partial charge is 0.314 e. The Kier molecular flexibility index (Phi) is 4.43. The van der Waals surface area contributed by atoms with Crippen LogP contribution in [-0.4, -0.2) is 62.5 Å². The summed E-state index contributed by atoms with van der Waals surface area (Å²) in [5, 5.41) is 9.57. The summed E-state index contributed by atoms with van der Waals surface area (Å²) in [6.45, 7) is 3.56. The van der Waals surface area contributed by atoms with Crippen molar-refractivity contribution >= 4 is 19.9 Å². The molecule has 8 nitrogen and oxygen atoms in total. The molecule has 10 heteroatoms. The van der Waals surface area contributed by atoms with Crippen molar-refractivity contribution in [3.63, 3.8) is 0 Å². The van der Waals surface area contributed by atoms with Gasteiger partial charge in [0.1, 0.15) is 4.90 Å². The Hall–Kier alpha value is -0.970. The molecule has 2 N–H and O–H groups in total. The predicted octanol–water partition coefficient (Wildman–Crippen LogP) is -0.755. The SMILES string of the molecule is CNCc1n[nH]c(C)c1S(=O)(=O)N1CCS(=O)(=O)CC1C. The molecule has 0 spiro atoms. The number of aromatic nitrogens is 2. The quantitative estimate of drug-likeness (QED) is 0.748. The van der Waals surface area contributed by atoms with Gasteiger partial charge in [0.05, 0.1) is 22.9 Å². The molecule has 120 valence electrons. The Balaban J connectivity index is 2.41. The van der Waals surface area contributed by atoms with Gasteiger partial charge in [-0.2, -0.15) is 9.40 Å². The second-order valence-corrected chi connectivity index (χ2v) is 9.29. The van der Waals surface area contributed by atoms with Gasteiger partial charge in [-0.3, -0.25) is 5.10 Å². The van der Waals surface area contributed by atoms with Crippen LogP contribution in [0.3, 0.4) is 0 Å². The van der Waals surface area contributed by atoms with Gasteiger partial charge in [0.25, 0.3) is 0 Å². The normalized spacial score (nSPS) is 23.3. The van der Waals surface area contributed by atoms with Gasteiger partial charge in [0.2, 0.25) is 10.0 Å². The molecule has 1 aliphatic heterocycles. The van der Waals surface area contributed by atoms with E-state index >= 15 is 0 Å². The van der Waals surface area contributed by atoms with E-state index in [0.29, 0.717) is 17.9 Å². The minimum Gasteiger partial charge on any atom is -0.314 e.